The number of esters is 2. The molecule has 330 valence electrons. The Morgan fingerprint density at radius 3 is 1.44 bits per heavy atom. The van der Waals surface area contributed by atoms with Crippen molar-refractivity contribution in [2.45, 2.75) is 200 Å². The zero-order valence-corrected chi connectivity index (χ0v) is 37.2. The Kier molecular flexibility index (Phi) is 41.6. The summed E-state index contributed by atoms with van der Waals surface area (Å²) in [4.78, 5) is 34.9. The van der Waals surface area contributed by atoms with Crippen LogP contribution in [-0.4, -0.2) is 49.3 Å². The predicted octanol–water partition coefficient (Wildman–Crippen LogP) is 13.3. The molecule has 0 heterocycles. The summed E-state index contributed by atoms with van der Waals surface area (Å²) >= 11 is 0. The molecule has 0 aromatic rings. The number of rotatable bonds is 42. The Bertz CT molecular complexity index is 1120. The number of nitrogens with two attached hydrogens (primary N) is 1. The summed E-state index contributed by atoms with van der Waals surface area (Å²) in [5, 5.41) is 0. The molecule has 0 aromatic carbocycles. The first kappa shape index (κ1) is 54.7. The van der Waals surface area contributed by atoms with Gasteiger partial charge in [-0.1, -0.05) is 164 Å². The van der Waals surface area contributed by atoms with Crippen molar-refractivity contribution in [3.8, 4) is 0 Å². The highest BCUT2D eigenvalue weighted by molar-refractivity contribution is 7.47. The number of allylic oxidation sites excluding steroid dienone is 10. The van der Waals surface area contributed by atoms with Gasteiger partial charge in [-0.3, -0.25) is 18.6 Å². The summed E-state index contributed by atoms with van der Waals surface area (Å²) in [6.07, 6.45) is 51.1. The van der Waals surface area contributed by atoms with E-state index < -0.39 is 32.5 Å². The minimum Gasteiger partial charge on any atom is -0.462 e. The zero-order chi connectivity index (χ0) is 41.8. The molecular weight excluding hydrogens is 737 g/mol. The quantitative estimate of drug-likeness (QED) is 0.0267. The molecule has 1 unspecified atom stereocenters. The second kappa shape index (κ2) is 43.3. The summed E-state index contributed by atoms with van der Waals surface area (Å²) in [6, 6.07) is 0. The van der Waals surface area contributed by atoms with Crippen LogP contribution in [0.25, 0.3) is 0 Å². The molecule has 2 atom stereocenters. The lowest BCUT2D eigenvalue weighted by Gasteiger charge is -2.19. The van der Waals surface area contributed by atoms with Crippen molar-refractivity contribution in [2.24, 2.45) is 5.73 Å². The summed E-state index contributed by atoms with van der Waals surface area (Å²) in [6.45, 7) is 3.64. The fraction of sp³-hybridized carbons (Fsp3) is 0.745. The Balaban J connectivity index is 4.21. The number of phosphoric acid groups is 1. The van der Waals surface area contributed by atoms with Crippen molar-refractivity contribution >= 4 is 19.8 Å². The van der Waals surface area contributed by atoms with Crippen molar-refractivity contribution in [2.75, 3.05) is 26.4 Å². The zero-order valence-electron chi connectivity index (χ0n) is 36.3. The third kappa shape index (κ3) is 43.1. The molecule has 0 aromatic heterocycles. The van der Waals surface area contributed by atoms with Gasteiger partial charge in [0.05, 0.1) is 13.2 Å². The second-order valence-electron chi connectivity index (χ2n) is 14.9. The lowest BCUT2D eigenvalue weighted by molar-refractivity contribution is -0.161. The lowest BCUT2D eigenvalue weighted by atomic mass is 10.1. The van der Waals surface area contributed by atoms with E-state index in [2.05, 4.69) is 74.6 Å². The molecule has 0 saturated carbocycles. The van der Waals surface area contributed by atoms with Crippen molar-refractivity contribution in [3.63, 3.8) is 0 Å². The van der Waals surface area contributed by atoms with Gasteiger partial charge in [-0.2, -0.15) is 0 Å². The standard InChI is InChI=1S/C47H84NO8P/c1-3-5-7-9-11-13-15-17-19-21-22-24-26-28-30-32-34-36-38-40-47(50)56-45(44-55-57(51,52)54-42-41-48)43-53-46(49)39-37-35-33-31-29-27-25-23-20-18-16-14-12-10-8-6-4-2/h11,13,17-20,25,27,31,33,45H,3-10,12,14-16,21-24,26,28-30,32,34-44,48H2,1-2H3,(H,51,52)/b13-11-,19-17-,20-18-,27-25-,33-31-/t45-/m1/s1. The number of hydrogen-bond donors (Lipinski definition) is 2. The minimum absolute atomic E-state index is 0.0440. The molecule has 3 N–H and O–H groups in total. The molecule has 57 heavy (non-hydrogen) atoms. The molecule has 0 aliphatic carbocycles. The van der Waals surface area contributed by atoms with Gasteiger partial charge in [0.1, 0.15) is 6.61 Å². The molecule has 10 heteroatoms. The van der Waals surface area contributed by atoms with E-state index in [-0.39, 0.29) is 32.6 Å². The van der Waals surface area contributed by atoms with Crippen molar-refractivity contribution in [3.05, 3.63) is 60.8 Å². The first-order chi connectivity index (χ1) is 27.8. The molecule has 0 rings (SSSR count). The molecule has 0 spiro atoms. The maximum atomic E-state index is 12.6. The van der Waals surface area contributed by atoms with E-state index in [9.17, 15) is 19.0 Å². The smallest absolute Gasteiger partial charge is 0.462 e. The van der Waals surface area contributed by atoms with E-state index in [0.29, 0.717) is 12.8 Å². The molecule has 0 saturated heterocycles. The number of phosphoric ester groups is 1. The van der Waals surface area contributed by atoms with Gasteiger partial charge in [0.2, 0.25) is 0 Å². The molecule has 0 fully saturated rings. The van der Waals surface area contributed by atoms with Crippen LogP contribution in [0.3, 0.4) is 0 Å². The van der Waals surface area contributed by atoms with E-state index in [1.165, 1.54) is 96.3 Å². The van der Waals surface area contributed by atoms with Crippen LogP contribution in [0.1, 0.15) is 194 Å². The average molecular weight is 822 g/mol. The molecule has 0 radical (unpaired) electrons. The van der Waals surface area contributed by atoms with Crippen LogP contribution in [0.15, 0.2) is 60.8 Å². The van der Waals surface area contributed by atoms with Gasteiger partial charge in [0, 0.05) is 19.4 Å². The van der Waals surface area contributed by atoms with Gasteiger partial charge < -0.3 is 20.1 Å². The van der Waals surface area contributed by atoms with Gasteiger partial charge in [0.15, 0.2) is 6.10 Å². The summed E-state index contributed by atoms with van der Waals surface area (Å²) in [5.74, 6) is -0.896. The number of carbonyl (C=O) groups is 2. The largest absolute Gasteiger partial charge is 0.472 e. The van der Waals surface area contributed by atoms with Gasteiger partial charge in [0.25, 0.3) is 0 Å². The highest BCUT2D eigenvalue weighted by atomic mass is 31.2. The van der Waals surface area contributed by atoms with Crippen LogP contribution in [0.5, 0.6) is 0 Å². The Morgan fingerprint density at radius 1 is 0.526 bits per heavy atom. The van der Waals surface area contributed by atoms with Crippen molar-refractivity contribution in [1.82, 2.24) is 0 Å². The van der Waals surface area contributed by atoms with Crippen molar-refractivity contribution in [1.29, 1.82) is 0 Å². The normalized spacial score (nSPS) is 13.8. The highest BCUT2D eigenvalue weighted by Gasteiger charge is 2.26. The monoisotopic (exact) mass is 822 g/mol. The topological polar surface area (TPSA) is 134 Å². The van der Waals surface area contributed by atoms with Gasteiger partial charge in [-0.15, -0.1) is 0 Å². The number of hydrogen-bond acceptors (Lipinski definition) is 8. The minimum atomic E-state index is -4.39. The van der Waals surface area contributed by atoms with Crippen LogP contribution in [-0.2, 0) is 32.7 Å². The number of unbranched alkanes of at least 4 members (excludes halogenated alkanes) is 19. The van der Waals surface area contributed by atoms with Crippen LogP contribution in [0.4, 0.5) is 0 Å². The highest BCUT2D eigenvalue weighted by Crippen LogP contribution is 2.43. The van der Waals surface area contributed by atoms with Crippen LogP contribution in [0.2, 0.25) is 0 Å². The molecule has 0 aliphatic heterocycles. The second-order valence-corrected chi connectivity index (χ2v) is 16.4. The van der Waals surface area contributed by atoms with Gasteiger partial charge in [-0.25, -0.2) is 4.57 Å². The first-order valence-electron chi connectivity index (χ1n) is 22.8. The molecule has 0 aliphatic rings. The molecule has 9 nitrogen and oxygen atoms in total. The maximum Gasteiger partial charge on any atom is 0.472 e. The van der Waals surface area contributed by atoms with Crippen LogP contribution in [0, 0.1) is 0 Å². The molecule has 0 bridgehead atoms. The van der Waals surface area contributed by atoms with Crippen molar-refractivity contribution < 1.29 is 37.6 Å². The number of ether oxygens (including phenoxy) is 2. The summed E-state index contributed by atoms with van der Waals surface area (Å²) in [7, 11) is -4.39. The predicted molar refractivity (Wildman–Crippen MR) is 238 cm³/mol. The van der Waals surface area contributed by atoms with Crippen LogP contribution < -0.4 is 5.73 Å². The molecule has 0 amide bonds. The number of carbonyl (C=O) groups excluding carboxylic acids is 2. The summed E-state index contributed by atoms with van der Waals surface area (Å²) in [5.41, 5.74) is 5.35. The third-order valence-corrected chi connectivity index (χ3v) is 10.4. The fourth-order valence-electron chi connectivity index (χ4n) is 5.97. The summed E-state index contributed by atoms with van der Waals surface area (Å²) < 4.78 is 32.8. The molecular formula is C47H84NO8P. The van der Waals surface area contributed by atoms with E-state index in [4.69, 9.17) is 24.3 Å². The van der Waals surface area contributed by atoms with Gasteiger partial charge >= 0.3 is 19.8 Å². The Labute approximate surface area is 349 Å². The van der Waals surface area contributed by atoms with E-state index >= 15 is 0 Å². The van der Waals surface area contributed by atoms with E-state index in [0.717, 1.165) is 57.8 Å². The first-order valence-corrected chi connectivity index (χ1v) is 24.3. The van der Waals surface area contributed by atoms with Gasteiger partial charge in [-0.05, 0) is 77.0 Å². The Hall–Kier alpha value is -2.29. The third-order valence-electron chi connectivity index (χ3n) is 9.38. The maximum absolute atomic E-state index is 12.6. The fourth-order valence-corrected chi connectivity index (χ4v) is 6.74. The van der Waals surface area contributed by atoms with E-state index in [1.54, 1.807) is 0 Å². The Morgan fingerprint density at radius 2 is 0.930 bits per heavy atom. The van der Waals surface area contributed by atoms with Crippen LogP contribution >= 0.6 is 7.82 Å². The average Bonchev–Trinajstić information content (AvgIpc) is 3.20. The SMILES string of the molecule is CCCCC/C=C\C/C=C\CCCCCCCCCCCC(=O)O[C@H](COC(=O)CCC/C=C\C/C=C\C/C=C\CCCCCCCC)COP(=O)(O)OCCN. The lowest BCUT2D eigenvalue weighted by Crippen LogP contribution is -2.29. The van der Waals surface area contributed by atoms with E-state index in [1.807, 2.05) is 0 Å².